The first-order chi connectivity index (χ1) is 4.31. The molecule has 0 amide bonds. The second kappa shape index (κ2) is 6.18. The van der Waals surface area contributed by atoms with E-state index in [9.17, 15) is 4.57 Å². The van der Waals surface area contributed by atoms with E-state index in [1.54, 1.807) is 0 Å². The Balaban J connectivity index is 3.06. The van der Waals surface area contributed by atoms with Gasteiger partial charge < -0.3 is 4.52 Å². The molecule has 0 rings (SSSR count). The maximum atomic E-state index is 10.7. The average molecular weight is 149 g/mol. The van der Waals surface area contributed by atoms with Gasteiger partial charge in [-0.2, -0.15) is 0 Å². The highest BCUT2D eigenvalue weighted by atomic mass is 31.1. The summed E-state index contributed by atoms with van der Waals surface area (Å²) in [4.78, 5) is 0. The summed E-state index contributed by atoms with van der Waals surface area (Å²) >= 11 is 0. The van der Waals surface area contributed by atoms with Crippen LogP contribution in [0.1, 0.15) is 26.7 Å². The van der Waals surface area contributed by atoms with Crippen molar-refractivity contribution in [3.63, 3.8) is 0 Å². The molecule has 1 radical (unpaired) electrons. The molecule has 0 bridgehead atoms. The van der Waals surface area contributed by atoms with E-state index in [2.05, 4.69) is 0 Å². The minimum atomic E-state index is -1.34. The molecular weight excluding hydrogens is 135 g/mol. The van der Waals surface area contributed by atoms with E-state index < -0.39 is 8.03 Å². The van der Waals surface area contributed by atoms with Crippen LogP contribution in [0.2, 0.25) is 0 Å². The van der Waals surface area contributed by atoms with Gasteiger partial charge >= 0.3 is 0 Å². The zero-order chi connectivity index (χ0) is 7.11. The Kier molecular flexibility index (Phi) is 6.23. The van der Waals surface area contributed by atoms with Crippen molar-refractivity contribution in [1.29, 1.82) is 0 Å². The van der Waals surface area contributed by atoms with E-state index in [0.717, 1.165) is 12.8 Å². The molecule has 0 heterocycles. The molecule has 0 saturated carbocycles. The maximum Gasteiger partial charge on any atom is 0.212 e. The van der Waals surface area contributed by atoms with Crippen LogP contribution in [0.5, 0.6) is 0 Å². The molecule has 0 aliphatic rings. The summed E-state index contributed by atoms with van der Waals surface area (Å²) in [6, 6.07) is 0. The lowest BCUT2D eigenvalue weighted by Gasteiger charge is -1.96. The van der Waals surface area contributed by atoms with Gasteiger partial charge in [-0.3, -0.25) is 4.57 Å². The van der Waals surface area contributed by atoms with Crippen LogP contribution in [0.4, 0.5) is 0 Å². The first kappa shape index (κ1) is 9.06. The fourth-order valence-corrected chi connectivity index (χ4v) is 1.32. The molecule has 55 valence electrons. The Morgan fingerprint density at radius 2 is 2.00 bits per heavy atom. The lowest BCUT2D eigenvalue weighted by molar-refractivity contribution is 0.328. The molecule has 1 unspecified atom stereocenters. The van der Waals surface area contributed by atoms with Gasteiger partial charge in [-0.15, -0.1) is 0 Å². The van der Waals surface area contributed by atoms with Crippen LogP contribution in [0.15, 0.2) is 0 Å². The van der Waals surface area contributed by atoms with Gasteiger partial charge in [0.2, 0.25) is 8.03 Å². The van der Waals surface area contributed by atoms with E-state index in [1.165, 1.54) is 0 Å². The lowest BCUT2D eigenvalue weighted by Crippen LogP contribution is -1.84. The molecule has 0 fully saturated rings. The molecule has 0 aliphatic carbocycles. The van der Waals surface area contributed by atoms with Gasteiger partial charge in [0, 0.05) is 6.16 Å². The molecule has 0 aromatic carbocycles. The fraction of sp³-hybridized carbons (Fsp3) is 1.00. The van der Waals surface area contributed by atoms with E-state index in [0.29, 0.717) is 12.8 Å². The third-order valence-corrected chi connectivity index (χ3v) is 2.13. The standard InChI is InChI=1S/C6H14O2P/c1-3-5-8-9(7)6-4-2/h3-6H2,1-2H3. The summed E-state index contributed by atoms with van der Waals surface area (Å²) in [5, 5.41) is 0. The first-order valence-electron chi connectivity index (χ1n) is 3.38. The third kappa shape index (κ3) is 5.94. The van der Waals surface area contributed by atoms with Crippen molar-refractivity contribution in [3.05, 3.63) is 0 Å². The minimum absolute atomic E-state index is 0.634. The summed E-state index contributed by atoms with van der Waals surface area (Å²) < 4.78 is 15.7. The van der Waals surface area contributed by atoms with Crippen LogP contribution >= 0.6 is 8.03 Å². The SMILES string of the molecule is CCCO[P](=O)CCC. The van der Waals surface area contributed by atoms with Gasteiger partial charge in [-0.25, -0.2) is 0 Å². The largest absolute Gasteiger partial charge is 0.304 e. The molecule has 0 aromatic heterocycles. The van der Waals surface area contributed by atoms with Crippen LogP contribution in [0, 0.1) is 0 Å². The van der Waals surface area contributed by atoms with Crippen molar-refractivity contribution in [2.24, 2.45) is 0 Å². The van der Waals surface area contributed by atoms with Crippen molar-refractivity contribution in [2.75, 3.05) is 12.8 Å². The van der Waals surface area contributed by atoms with Crippen molar-refractivity contribution >= 4 is 8.03 Å². The zero-order valence-electron chi connectivity index (χ0n) is 6.09. The number of hydrogen-bond acceptors (Lipinski definition) is 2. The predicted octanol–water partition coefficient (Wildman–Crippen LogP) is 2.57. The normalized spacial score (nSPS) is 11.6. The molecule has 3 heteroatoms. The van der Waals surface area contributed by atoms with E-state index >= 15 is 0 Å². The summed E-state index contributed by atoms with van der Waals surface area (Å²) in [7, 11) is -1.34. The number of hydrogen-bond donors (Lipinski definition) is 0. The molecule has 9 heavy (non-hydrogen) atoms. The van der Waals surface area contributed by atoms with Crippen LogP contribution in [-0.2, 0) is 9.09 Å². The quantitative estimate of drug-likeness (QED) is 0.561. The maximum absolute atomic E-state index is 10.7. The summed E-state index contributed by atoms with van der Waals surface area (Å²) in [5.41, 5.74) is 0. The topological polar surface area (TPSA) is 26.3 Å². The predicted molar refractivity (Wildman–Crippen MR) is 39.0 cm³/mol. The highest BCUT2D eigenvalue weighted by Crippen LogP contribution is 2.22. The average Bonchev–Trinajstić information content (AvgIpc) is 1.85. The monoisotopic (exact) mass is 149 g/mol. The van der Waals surface area contributed by atoms with Crippen molar-refractivity contribution in [3.8, 4) is 0 Å². The van der Waals surface area contributed by atoms with Crippen LogP contribution < -0.4 is 0 Å². The smallest absolute Gasteiger partial charge is 0.212 e. The zero-order valence-corrected chi connectivity index (χ0v) is 6.99. The summed E-state index contributed by atoms with van der Waals surface area (Å²) in [5.74, 6) is 0. The Morgan fingerprint density at radius 3 is 2.44 bits per heavy atom. The highest BCUT2D eigenvalue weighted by Gasteiger charge is 1.95. The molecule has 0 aromatic rings. The highest BCUT2D eigenvalue weighted by molar-refractivity contribution is 7.39. The van der Waals surface area contributed by atoms with Crippen LogP contribution in [0.3, 0.4) is 0 Å². The van der Waals surface area contributed by atoms with Crippen molar-refractivity contribution < 1.29 is 9.09 Å². The van der Waals surface area contributed by atoms with Gasteiger partial charge in [0.1, 0.15) is 0 Å². The van der Waals surface area contributed by atoms with Crippen molar-refractivity contribution in [1.82, 2.24) is 0 Å². The Morgan fingerprint density at radius 1 is 1.33 bits per heavy atom. The van der Waals surface area contributed by atoms with Crippen LogP contribution in [-0.4, -0.2) is 12.8 Å². The van der Waals surface area contributed by atoms with Crippen LogP contribution in [0.25, 0.3) is 0 Å². The third-order valence-electron chi connectivity index (χ3n) is 0.846. The van der Waals surface area contributed by atoms with E-state index in [1.807, 2.05) is 13.8 Å². The second-order valence-corrected chi connectivity index (χ2v) is 3.26. The molecule has 0 spiro atoms. The van der Waals surface area contributed by atoms with E-state index in [4.69, 9.17) is 4.52 Å². The second-order valence-electron chi connectivity index (χ2n) is 1.89. The lowest BCUT2D eigenvalue weighted by atomic mass is 10.5. The Bertz CT molecular complexity index is 83.1. The van der Waals surface area contributed by atoms with E-state index in [-0.39, 0.29) is 0 Å². The van der Waals surface area contributed by atoms with Gasteiger partial charge in [0.15, 0.2) is 0 Å². The first-order valence-corrected chi connectivity index (χ1v) is 4.75. The minimum Gasteiger partial charge on any atom is -0.304 e. The number of rotatable bonds is 5. The molecule has 2 nitrogen and oxygen atoms in total. The summed E-state index contributed by atoms with van der Waals surface area (Å²) in [6.45, 7) is 4.65. The molecule has 1 atom stereocenters. The fourth-order valence-electron chi connectivity index (χ4n) is 0.440. The van der Waals surface area contributed by atoms with Gasteiger partial charge in [0.25, 0.3) is 0 Å². The molecule has 0 saturated heterocycles. The van der Waals surface area contributed by atoms with Gasteiger partial charge in [-0.05, 0) is 12.8 Å². The molecule has 0 N–H and O–H groups in total. The molecular formula is C6H14O2P. The van der Waals surface area contributed by atoms with Gasteiger partial charge in [-0.1, -0.05) is 13.8 Å². The summed E-state index contributed by atoms with van der Waals surface area (Å²) in [6.07, 6.45) is 2.60. The Hall–Kier alpha value is 0.0600. The van der Waals surface area contributed by atoms with Crippen molar-refractivity contribution in [2.45, 2.75) is 26.7 Å². The molecule has 0 aliphatic heterocycles. The Labute approximate surface area is 57.5 Å². The van der Waals surface area contributed by atoms with Gasteiger partial charge in [0.05, 0.1) is 6.61 Å².